The smallest absolute Gasteiger partial charge is 0.407 e. The number of hydrogen-bond donors (Lipinski definition) is 3. The summed E-state index contributed by atoms with van der Waals surface area (Å²) in [5.41, 5.74) is 9.77. The highest BCUT2D eigenvalue weighted by Crippen LogP contribution is 2.44. The van der Waals surface area contributed by atoms with E-state index in [9.17, 15) is 9.59 Å². The molecule has 0 aromatic heterocycles. The van der Waals surface area contributed by atoms with E-state index in [4.69, 9.17) is 10.5 Å². The first-order chi connectivity index (χ1) is 12.2. The van der Waals surface area contributed by atoms with Crippen LogP contribution in [0.5, 0.6) is 0 Å². The minimum Gasteiger partial charge on any atom is -0.449 e. The summed E-state index contributed by atoms with van der Waals surface area (Å²) in [7, 11) is 0. The molecule has 2 aromatic carbocycles. The average Bonchev–Trinajstić information content (AvgIpc) is 2.93. The number of rotatable bonds is 7. The van der Waals surface area contributed by atoms with Crippen LogP contribution in [0.4, 0.5) is 4.79 Å². The van der Waals surface area contributed by atoms with E-state index < -0.39 is 12.0 Å². The third kappa shape index (κ3) is 3.97. The molecule has 2 aromatic rings. The third-order valence-electron chi connectivity index (χ3n) is 4.21. The predicted octanol–water partition coefficient (Wildman–Crippen LogP) is 1.60. The lowest BCUT2D eigenvalue weighted by atomic mass is 9.98. The molecule has 2 amide bonds. The molecule has 1 aliphatic carbocycles. The zero-order valence-electron chi connectivity index (χ0n) is 13.8. The Balaban J connectivity index is 1.55. The van der Waals surface area contributed by atoms with Crippen molar-refractivity contribution in [3.05, 3.63) is 59.7 Å². The third-order valence-corrected chi connectivity index (χ3v) is 4.21. The average molecular weight is 339 g/mol. The molecule has 0 saturated carbocycles. The van der Waals surface area contributed by atoms with Gasteiger partial charge in [-0.25, -0.2) is 4.79 Å². The summed E-state index contributed by atoms with van der Waals surface area (Å²) < 4.78 is 5.40. The molecule has 0 spiro atoms. The molecule has 0 radical (unpaired) electrons. The van der Waals surface area contributed by atoms with Gasteiger partial charge in [0.2, 0.25) is 5.91 Å². The Hall–Kier alpha value is -2.86. The van der Waals surface area contributed by atoms with Gasteiger partial charge in [-0.2, -0.15) is 0 Å². The molecule has 25 heavy (non-hydrogen) atoms. The van der Waals surface area contributed by atoms with Crippen molar-refractivity contribution in [1.82, 2.24) is 10.6 Å². The maximum Gasteiger partial charge on any atom is 0.407 e. The first kappa shape index (κ1) is 17.0. The fourth-order valence-electron chi connectivity index (χ4n) is 3.11. The Bertz CT molecular complexity index is 731. The summed E-state index contributed by atoms with van der Waals surface area (Å²) in [6.45, 7) is 1.19. The lowest BCUT2D eigenvalue weighted by Crippen LogP contribution is -2.36. The first-order valence-corrected chi connectivity index (χ1v) is 8.24. The number of primary amides is 1. The van der Waals surface area contributed by atoms with E-state index in [-0.39, 0.29) is 19.1 Å². The minimum atomic E-state index is -0.470. The van der Waals surface area contributed by atoms with E-state index >= 15 is 0 Å². The molecule has 0 unspecified atom stereocenters. The largest absolute Gasteiger partial charge is 0.449 e. The number of carbonyl (C=O) groups is 2. The molecule has 6 nitrogen and oxygen atoms in total. The number of ether oxygens (including phenoxy) is 1. The van der Waals surface area contributed by atoms with E-state index in [1.165, 1.54) is 22.3 Å². The summed E-state index contributed by atoms with van der Waals surface area (Å²) in [4.78, 5) is 22.5. The van der Waals surface area contributed by atoms with Gasteiger partial charge in [0.05, 0.1) is 6.54 Å². The lowest BCUT2D eigenvalue weighted by molar-refractivity contribution is -0.117. The van der Waals surface area contributed by atoms with Crippen molar-refractivity contribution in [1.29, 1.82) is 0 Å². The van der Waals surface area contributed by atoms with Crippen molar-refractivity contribution < 1.29 is 14.3 Å². The van der Waals surface area contributed by atoms with Crippen molar-refractivity contribution in [2.75, 3.05) is 26.2 Å². The molecule has 0 heterocycles. The van der Waals surface area contributed by atoms with E-state index in [1.54, 1.807) is 0 Å². The van der Waals surface area contributed by atoms with Crippen LogP contribution in [0.2, 0.25) is 0 Å². The SMILES string of the molecule is NC(=O)CNCCNC(=O)OCC1c2ccccc2-c2ccccc21. The van der Waals surface area contributed by atoms with Crippen LogP contribution in [0.25, 0.3) is 11.1 Å². The fraction of sp³-hybridized carbons (Fsp3) is 0.263. The van der Waals surface area contributed by atoms with Gasteiger partial charge in [0, 0.05) is 19.0 Å². The molecular weight excluding hydrogens is 318 g/mol. The van der Waals surface area contributed by atoms with Gasteiger partial charge < -0.3 is 21.1 Å². The molecular formula is C19H21N3O3. The highest BCUT2D eigenvalue weighted by molar-refractivity contribution is 5.79. The van der Waals surface area contributed by atoms with Crippen LogP contribution in [-0.2, 0) is 9.53 Å². The number of fused-ring (bicyclic) bond motifs is 3. The monoisotopic (exact) mass is 339 g/mol. The van der Waals surface area contributed by atoms with Crippen LogP contribution in [0.15, 0.2) is 48.5 Å². The molecule has 6 heteroatoms. The number of hydrogen-bond acceptors (Lipinski definition) is 4. The summed E-state index contributed by atoms with van der Waals surface area (Å²) in [5, 5.41) is 5.47. The van der Waals surface area contributed by atoms with E-state index in [2.05, 4.69) is 34.9 Å². The highest BCUT2D eigenvalue weighted by atomic mass is 16.5. The van der Waals surface area contributed by atoms with Crippen molar-refractivity contribution in [2.24, 2.45) is 5.73 Å². The van der Waals surface area contributed by atoms with Crippen LogP contribution in [-0.4, -0.2) is 38.2 Å². The second-order valence-corrected chi connectivity index (χ2v) is 5.90. The van der Waals surface area contributed by atoms with Crippen molar-refractivity contribution in [2.45, 2.75) is 5.92 Å². The number of benzene rings is 2. The maximum absolute atomic E-state index is 11.9. The van der Waals surface area contributed by atoms with Gasteiger partial charge in [0.15, 0.2) is 0 Å². The van der Waals surface area contributed by atoms with Crippen molar-refractivity contribution in [3.63, 3.8) is 0 Å². The van der Waals surface area contributed by atoms with Gasteiger partial charge in [0.1, 0.15) is 6.61 Å². The highest BCUT2D eigenvalue weighted by Gasteiger charge is 2.28. The predicted molar refractivity (Wildman–Crippen MR) is 95.1 cm³/mol. The Morgan fingerprint density at radius 3 is 2.16 bits per heavy atom. The molecule has 0 bridgehead atoms. The number of alkyl carbamates (subject to hydrolysis) is 1. The number of amides is 2. The molecule has 0 fully saturated rings. The fourth-order valence-corrected chi connectivity index (χ4v) is 3.11. The van der Waals surface area contributed by atoms with Gasteiger partial charge in [-0.1, -0.05) is 48.5 Å². The summed E-state index contributed by atoms with van der Waals surface area (Å²) in [6.07, 6.45) is -0.470. The lowest BCUT2D eigenvalue weighted by Gasteiger charge is -2.14. The van der Waals surface area contributed by atoms with Gasteiger partial charge in [0.25, 0.3) is 0 Å². The molecule has 0 atom stereocenters. The Kier molecular flexibility index (Phi) is 5.30. The molecule has 0 aliphatic heterocycles. The van der Waals surface area contributed by atoms with E-state index in [1.807, 2.05) is 24.3 Å². The topological polar surface area (TPSA) is 93.5 Å². The van der Waals surface area contributed by atoms with Crippen LogP contribution in [0, 0.1) is 0 Å². The Labute approximate surface area is 146 Å². The number of nitrogens with one attached hydrogen (secondary N) is 2. The van der Waals surface area contributed by atoms with Crippen molar-refractivity contribution >= 4 is 12.0 Å². The quantitative estimate of drug-likeness (QED) is 0.668. The normalized spacial score (nSPS) is 12.3. The van der Waals surface area contributed by atoms with E-state index in [0.717, 1.165) is 0 Å². The van der Waals surface area contributed by atoms with Crippen molar-refractivity contribution in [3.8, 4) is 11.1 Å². The number of carbonyl (C=O) groups excluding carboxylic acids is 2. The maximum atomic E-state index is 11.9. The second-order valence-electron chi connectivity index (χ2n) is 5.90. The molecule has 3 rings (SSSR count). The molecule has 0 saturated heterocycles. The standard InChI is InChI=1S/C19H21N3O3/c20-18(23)11-21-9-10-22-19(24)25-12-17-15-7-3-1-5-13(15)14-6-2-4-8-16(14)17/h1-8,17,21H,9-12H2,(H2,20,23)(H,22,24). The molecule has 130 valence electrons. The second kappa shape index (κ2) is 7.81. The summed E-state index contributed by atoms with van der Waals surface area (Å²) >= 11 is 0. The van der Waals surface area contributed by atoms with Gasteiger partial charge in [-0.15, -0.1) is 0 Å². The first-order valence-electron chi connectivity index (χ1n) is 8.24. The van der Waals surface area contributed by atoms with Crippen LogP contribution in [0.3, 0.4) is 0 Å². The molecule has 1 aliphatic rings. The number of nitrogens with two attached hydrogens (primary N) is 1. The van der Waals surface area contributed by atoms with Gasteiger partial charge in [-0.05, 0) is 22.3 Å². The van der Waals surface area contributed by atoms with Crippen LogP contribution < -0.4 is 16.4 Å². The zero-order chi connectivity index (χ0) is 17.6. The van der Waals surface area contributed by atoms with Crippen LogP contribution in [0.1, 0.15) is 17.0 Å². The van der Waals surface area contributed by atoms with Gasteiger partial charge >= 0.3 is 6.09 Å². The zero-order valence-corrected chi connectivity index (χ0v) is 13.8. The van der Waals surface area contributed by atoms with Crippen LogP contribution >= 0.6 is 0 Å². The molecule has 4 N–H and O–H groups in total. The Morgan fingerprint density at radius 1 is 0.960 bits per heavy atom. The minimum absolute atomic E-state index is 0.0473. The Morgan fingerprint density at radius 2 is 1.56 bits per heavy atom. The van der Waals surface area contributed by atoms with E-state index in [0.29, 0.717) is 13.1 Å². The van der Waals surface area contributed by atoms with Gasteiger partial charge in [-0.3, -0.25) is 4.79 Å². The summed E-state index contributed by atoms with van der Waals surface area (Å²) in [5.74, 6) is -0.382. The summed E-state index contributed by atoms with van der Waals surface area (Å²) in [6, 6.07) is 16.4.